The molecule has 0 saturated heterocycles. The van der Waals surface area contributed by atoms with Crippen molar-refractivity contribution >= 4 is 23.3 Å². The number of rotatable bonds is 5. The minimum atomic E-state index is -0.441. The molecule has 2 atom stereocenters. The fourth-order valence-corrected chi connectivity index (χ4v) is 4.39. The first-order valence-electron chi connectivity index (χ1n) is 8.74. The van der Waals surface area contributed by atoms with Gasteiger partial charge in [0, 0.05) is 18.1 Å². The molecule has 0 amide bonds. The molecule has 1 aliphatic rings. The molecule has 0 aliphatic carbocycles. The molecule has 0 bridgehead atoms. The number of carbonyl (C=O) groups is 1. The van der Waals surface area contributed by atoms with Gasteiger partial charge in [0.2, 0.25) is 0 Å². The number of furan rings is 1. The highest BCUT2D eigenvalue weighted by Gasteiger charge is 2.34. The Morgan fingerprint density at radius 2 is 1.96 bits per heavy atom. The van der Waals surface area contributed by atoms with Crippen LogP contribution in [0.2, 0.25) is 0 Å². The molecular formula is C21H24O4S. The van der Waals surface area contributed by atoms with Crippen molar-refractivity contribution < 1.29 is 19.1 Å². The number of benzene rings is 1. The van der Waals surface area contributed by atoms with Crippen molar-refractivity contribution in [3.05, 3.63) is 58.5 Å². The van der Waals surface area contributed by atoms with E-state index < -0.39 is 5.97 Å². The van der Waals surface area contributed by atoms with Crippen LogP contribution >= 0.6 is 11.8 Å². The monoisotopic (exact) mass is 372 g/mol. The zero-order valence-electron chi connectivity index (χ0n) is 15.5. The molecule has 5 heteroatoms. The number of carbonyl (C=O) groups excluding carboxylic acids is 1. The summed E-state index contributed by atoms with van der Waals surface area (Å²) in [6.07, 6.45) is 1.65. The average molecular weight is 372 g/mol. The second-order valence-electron chi connectivity index (χ2n) is 6.96. The van der Waals surface area contributed by atoms with Crippen LogP contribution in [0, 0.1) is 26.7 Å². The van der Waals surface area contributed by atoms with Gasteiger partial charge in [-0.25, -0.2) is 4.79 Å². The fraction of sp³-hybridized carbons (Fsp3) is 0.381. The second kappa shape index (κ2) is 7.62. The van der Waals surface area contributed by atoms with Gasteiger partial charge in [0.05, 0.1) is 6.26 Å². The van der Waals surface area contributed by atoms with Gasteiger partial charge >= 0.3 is 5.97 Å². The molecule has 2 heterocycles. The van der Waals surface area contributed by atoms with Gasteiger partial charge in [0.1, 0.15) is 17.4 Å². The maximum Gasteiger partial charge on any atom is 0.342 e. The molecule has 0 spiro atoms. The van der Waals surface area contributed by atoms with Gasteiger partial charge in [-0.05, 0) is 49.6 Å². The second-order valence-corrected chi connectivity index (χ2v) is 7.99. The van der Waals surface area contributed by atoms with Gasteiger partial charge < -0.3 is 14.3 Å². The topological polar surface area (TPSA) is 59.7 Å². The molecule has 0 fully saturated rings. The van der Waals surface area contributed by atoms with Crippen molar-refractivity contribution in [1.82, 2.24) is 0 Å². The molecule has 1 aliphatic heterocycles. The Labute approximate surface area is 158 Å². The van der Waals surface area contributed by atoms with Gasteiger partial charge in [-0.15, -0.1) is 0 Å². The first-order chi connectivity index (χ1) is 12.4. The van der Waals surface area contributed by atoms with E-state index in [4.69, 9.17) is 9.15 Å². The number of cyclic esters (lactones) is 1. The van der Waals surface area contributed by atoms with E-state index >= 15 is 0 Å². The molecule has 4 nitrogen and oxygen atoms in total. The predicted molar refractivity (Wildman–Crippen MR) is 103 cm³/mol. The minimum absolute atomic E-state index is 0.0953. The fourth-order valence-electron chi connectivity index (χ4n) is 3.45. The van der Waals surface area contributed by atoms with E-state index in [1.807, 2.05) is 52.0 Å². The summed E-state index contributed by atoms with van der Waals surface area (Å²) in [7, 11) is 0. The Hall–Kier alpha value is -2.14. The lowest BCUT2D eigenvalue weighted by Crippen LogP contribution is -2.32. The van der Waals surface area contributed by atoms with Crippen molar-refractivity contribution in [2.45, 2.75) is 45.3 Å². The van der Waals surface area contributed by atoms with Crippen LogP contribution in [0.3, 0.4) is 0 Å². The first-order valence-corrected chi connectivity index (χ1v) is 9.73. The van der Waals surface area contributed by atoms with Gasteiger partial charge in [-0.2, -0.15) is 0 Å². The highest BCUT2D eigenvalue weighted by molar-refractivity contribution is 7.99. The van der Waals surface area contributed by atoms with Crippen molar-refractivity contribution in [2.24, 2.45) is 5.92 Å². The molecular weight excluding hydrogens is 348 g/mol. The number of hydrogen-bond donors (Lipinski definition) is 1. The SMILES string of the molecule is Cc1cc(C)c(C2=C(O)CC(C(C)CSc3ccco3)OC2=O)c(C)c1. The first kappa shape index (κ1) is 18.6. The lowest BCUT2D eigenvalue weighted by Gasteiger charge is -2.29. The molecule has 2 unspecified atom stereocenters. The van der Waals surface area contributed by atoms with E-state index in [-0.39, 0.29) is 17.8 Å². The Bertz CT molecular complexity index is 813. The zero-order valence-corrected chi connectivity index (χ0v) is 16.4. The molecule has 0 saturated carbocycles. The summed E-state index contributed by atoms with van der Waals surface area (Å²) in [4.78, 5) is 12.7. The summed E-state index contributed by atoms with van der Waals surface area (Å²) in [5.74, 6) is 0.522. The Morgan fingerprint density at radius 3 is 2.54 bits per heavy atom. The number of hydrogen-bond acceptors (Lipinski definition) is 5. The smallest absolute Gasteiger partial charge is 0.342 e. The van der Waals surface area contributed by atoms with Gasteiger partial charge in [0.25, 0.3) is 0 Å². The molecule has 1 N–H and O–H groups in total. The van der Waals surface area contributed by atoms with Crippen molar-refractivity contribution in [2.75, 3.05) is 5.75 Å². The zero-order chi connectivity index (χ0) is 18.8. The molecule has 1 aromatic heterocycles. The Morgan fingerprint density at radius 1 is 1.27 bits per heavy atom. The normalized spacial score (nSPS) is 18.8. The number of ether oxygens (including phenoxy) is 1. The van der Waals surface area contributed by atoms with Crippen LogP contribution in [0.5, 0.6) is 0 Å². The van der Waals surface area contributed by atoms with Crippen LogP contribution in [0.1, 0.15) is 35.6 Å². The highest BCUT2D eigenvalue weighted by Crippen LogP contribution is 2.35. The van der Waals surface area contributed by atoms with E-state index in [9.17, 15) is 9.90 Å². The van der Waals surface area contributed by atoms with Gasteiger partial charge in [-0.3, -0.25) is 0 Å². The summed E-state index contributed by atoms with van der Waals surface area (Å²) < 4.78 is 11.0. The van der Waals surface area contributed by atoms with Crippen LogP contribution < -0.4 is 0 Å². The van der Waals surface area contributed by atoms with E-state index in [1.165, 1.54) is 0 Å². The molecule has 0 radical (unpaired) electrons. The Kier molecular flexibility index (Phi) is 5.47. The average Bonchev–Trinajstić information content (AvgIpc) is 3.07. The van der Waals surface area contributed by atoms with Crippen LogP contribution in [0.25, 0.3) is 5.57 Å². The summed E-state index contributed by atoms with van der Waals surface area (Å²) in [5, 5.41) is 11.5. The van der Waals surface area contributed by atoms with Crippen LogP contribution in [0.4, 0.5) is 0 Å². The van der Waals surface area contributed by atoms with Crippen molar-refractivity contribution in [3.8, 4) is 0 Å². The maximum atomic E-state index is 12.7. The number of thioether (sulfide) groups is 1. The van der Waals surface area contributed by atoms with E-state index in [1.54, 1.807) is 18.0 Å². The molecule has 26 heavy (non-hydrogen) atoms. The predicted octanol–water partition coefficient (Wildman–Crippen LogP) is 5.22. The highest BCUT2D eigenvalue weighted by atomic mass is 32.2. The number of aliphatic hydroxyl groups is 1. The maximum absolute atomic E-state index is 12.7. The minimum Gasteiger partial charge on any atom is -0.511 e. The van der Waals surface area contributed by atoms with Gasteiger partial charge in [0.15, 0.2) is 5.09 Å². The summed E-state index contributed by atoms with van der Waals surface area (Å²) in [6, 6.07) is 7.79. The van der Waals surface area contributed by atoms with Crippen LogP contribution in [-0.2, 0) is 9.53 Å². The lowest BCUT2D eigenvalue weighted by atomic mass is 9.89. The van der Waals surface area contributed by atoms with E-state index in [0.717, 1.165) is 33.1 Å². The largest absolute Gasteiger partial charge is 0.511 e. The van der Waals surface area contributed by atoms with E-state index in [0.29, 0.717) is 12.0 Å². The third-order valence-electron chi connectivity index (χ3n) is 4.69. The summed E-state index contributed by atoms with van der Waals surface area (Å²) in [5.41, 5.74) is 4.17. The molecule has 2 aromatic rings. The third kappa shape index (κ3) is 3.83. The third-order valence-corrected chi connectivity index (χ3v) is 5.90. The van der Waals surface area contributed by atoms with Gasteiger partial charge in [-0.1, -0.05) is 36.4 Å². The summed E-state index contributed by atoms with van der Waals surface area (Å²) in [6.45, 7) is 7.95. The summed E-state index contributed by atoms with van der Waals surface area (Å²) >= 11 is 1.58. The molecule has 1 aromatic carbocycles. The molecule has 3 rings (SSSR count). The van der Waals surface area contributed by atoms with Crippen LogP contribution in [0.15, 0.2) is 45.8 Å². The van der Waals surface area contributed by atoms with E-state index in [2.05, 4.69) is 0 Å². The molecule has 138 valence electrons. The quantitative estimate of drug-likeness (QED) is 0.576. The lowest BCUT2D eigenvalue weighted by molar-refractivity contribution is -0.145. The Balaban J connectivity index is 1.79. The standard InChI is InChI=1S/C21H24O4S/c1-12-8-13(2)19(14(3)9-12)20-16(22)10-17(25-21(20)23)15(4)11-26-18-6-5-7-24-18/h5-9,15,17,22H,10-11H2,1-4H3. The number of aryl methyl sites for hydroxylation is 3. The van der Waals surface area contributed by atoms with Crippen LogP contribution in [-0.4, -0.2) is 22.9 Å². The number of esters is 1. The van der Waals surface area contributed by atoms with Crippen molar-refractivity contribution in [1.29, 1.82) is 0 Å². The number of aliphatic hydroxyl groups excluding tert-OH is 1. The van der Waals surface area contributed by atoms with Crippen molar-refractivity contribution in [3.63, 3.8) is 0 Å².